The molecule has 7 heteroatoms. The number of aryl methyl sites for hydroxylation is 1. The number of hydrogen-bond donors (Lipinski definition) is 1. The van der Waals surface area contributed by atoms with Crippen LogP contribution in [0.4, 0.5) is 0 Å². The molecule has 0 spiro atoms. The number of hydrogen-bond acceptors (Lipinski definition) is 5. The maximum Gasteiger partial charge on any atom is 0.337 e. The number of nitrogens with one attached hydrogen (secondary N) is 1. The average Bonchev–Trinajstić information content (AvgIpc) is 3.15. The molecule has 1 heterocycles. The zero-order valence-corrected chi connectivity index (χ0v) is 14.5. The molecular weight excluding hydrogens is 332 g/mol. The van der Waals surface area contributed by atoms with Crippen LogP contribution in [0.1, 0.15) is 32.0 Å². The predicted molar refractivity (Wildman–Crippen MR) is 95.0 cm³/mol. The second-order valence-corrected chi connectivity index (χ2v) is 5.74. The van der Waals surface area contributed by atoms with E-state index < -0.39 is 5.97 Å². The first-order valence-corrected chi connectivity index (χ1v) is 8.01. The molecule has 0 radical (unpaired) electrons. The molecule has 0 bridgehead atoms. The normalized spacial score (nSPS) is 10.4. The number of aromatic nitrogens is 3. The lowest BCUT2D eigenvalue weighted by molar-refractivity contribution is 0.0600. The van der Waals surface area contributed by atoms with Crippen molar-refractivity contribution in [3.63, 3.8) is 0 Å². The summed E-state index contributed by atoms with van der Waals surface area (Å²) >= 11 is 0. The minimum Gasteiger partial charge on any atom is -0.465 e. The molecule has 0 atom stereocenters. The minimum absolute atomic E-state index is 0.165. The van der Waals surface area contributed by atoms with Gasteiger partial charge in [0.2, 0.25) is 0 Å². The number of carbonyl (C=O) groups is 2. The summed E-state index contributed by atoms with van der Waals surface area (Å²) < 4.78 is 6.25. The Labute approximate surface area is 150 Å². The number of nitrogens with zero attached hydrogens (tertiary/aromatic N) is 3. The maximum absolute atomic E-state index is 12.1. The summed E-state index contributed by atoms with van der Waals surface area (Å²) in [6, 6.07) is 14.1. The molecule has 0 saturated heterocycles. The molecule has 0 aliphatic carbocycles. The van der Waals surface area contributed by atoms with E-state index >= 15 is 0 Å². The lowest BCUT2D eigenvalue weighted by Gasteiger charge is -2.03. The van der Waals surface area contributed by atoms with Crippen LogP contribution in [0.15, 0.2) is 54.7 Å². The Kier molecular flexibility index (Phi) is 5.07. The summed E-state index contributed by atoms with van der Waals surface area (Å²) in [7, 11) is 1.34. The van der Waals surface area contributed by atoms with Crippen molar-refractivity contribution in [2.45, 2.75) is 13.5 Å². The number of rotatable bonds is 5. The highest BCUT2D eigenvalue weighted by Crippen LogP contribution is 2.10. The number of carbonyl (C=O) groups excluding carboxylic acids is 2. The van der Waals surface area contributed by atoms with Crippen LogP contribution >= 0.6 is 0 Å². The smallest absolute Gasteiger partial charge is 0.337 e. The molecule has 1 N–H and O–H groups in total. The van der Waals surface area contributed by atoms with E-state index in [1.54, 1.807) is 47.3 Å². The van der Waals surface area contributed by atoms with Crippen molar-refractivity contribution in [3.05, 3.63) is 77.1 Å². The van der Waals surface area contributed by atoms with Gasteiger partial charge in [0.25, 0.3) is 5.91 Å². The van der Waals surface area contributed by atoms with Gasteiger partial charge in [-0.2, -0.15) is 0 Å². The fraction of sp³-hybridized carbons (Fsp3) is 0.158. The third-order valence-electron chi connectivity index (χ3n) is 3.84. The summed E-state index contributed by atoms with van der Waals surface area (Å²) in [5.74, 6) is -0.559. The molecule has 2 aromatic carbocycles. The van der Waals surface area contributed by atoms with Gasteiger partial charge in [0.1, 0.15) is 5.69 Å². The number of methoxy groups -OCH3 is 1. The van der Waals surface area contributed by atoms with Gasteiger partial charge in [-0.05, 0) is 43.3 Å². The van der Waals surface area contributed by atoms with Gasteiger partial charge in [0, 0.05) is 5.56 Å². The lowest BCUT2D eigenvalue weighted by Crippen LogP contribution is -2.22. The van der Waals surface area contributed by atoms with Gasteiger partial charge in [-0.25, -0.2) is 9.48 Å². The number of ether oxygens (including phenoxy) is 1. The van der Waals surface area contributed by atoms with Gasteiger partial charge < -0.3 is 10.1 Å². The van der Waals surface area contributed by atoms with Crippen LogP contribution in [0.5, 0.6) is 0 Å². The number of benzene rings is 2. The van der Waals surface area contributed by atoms with Crippen molar-refractivity contribution in [2.75, 3.05) is 7.11 Å². The van der Waals surface area contributed by atoms with E-state index in [2.05, 4.69) is 20.4 Å². The van der Waals surface area contributed by atoms with Crippen LogP contribution in [-0.4, -0.2) is 34.0 Å². The quantitative estimate of drug-likeness (QED) is 0.714. The average molecular weight is 350 g/mol. The molecule has 3 rings (SSSR count). The Morgan fingerprint density at radius 2 is 1.69 bits per heavy atom. The molecule has 0 saturated carbocycles. The predicted octanol–water partition coefficient (Wildman–Crippen LogP) is 2.29. The molecule has 132 valence electrons. The first kappa shape index (κ1) is 17.3. The minimum atomic E-state index is -0.394. The van der Waals surface area contributed by atoms with E-state index in [9.17, 15) is 9.59 Å². The zero-order chi connectivity index (χ0) is 18.5. The molecular formula is C19H18N4O3. The van der Waals surface area contributed by atoms with Gasteiger partial charge in [-0.1, -0.05) is 22.9 Å². The van der Waals surface area contributed by atoms with Crippen LogP contribution < -0.4 is 5.32 Å². The van der Waals surface area contributed by atoms with Crippen LogP contribution in [-0.2, 0) is 11.3 Å². The third kappa shape index (κ3) is 3.94. The van der Waals surface area contributed by atoms with Crippen molar-refractivity contribution >= 4 is 11.9 Å². The van der Waals surface area contributed by atoms with E-state index in [0.717, 1.165) is 11.3 Å². The lowest BCUT2D eigenvalue weighted by atomic mass is 10.1. The topological polar surface area (TPSA) is 86.1 Å². The molecule has 0 aliphatic heterocycles. The summed E-state index contributed by atoms with van der Waals surface area (Å²) in [5.41, 5.74) is 3.54. The number of amides is 1. The molecule has 7 nitrogen and oxygen atoms in total. The maximum atomic E-state index is 12.1. The SMILES string of the molecule is COC(=O)c1ccc(-n2cc(CNC(=O)c3ccc(C)cc3)nn2)cc1. The van der Waals surface area contributed by atoms with Gasteiger partial charge in [-0.3, -0.25) is 4.79 Å². The second kappa shape index (κ2) is 7.60. The van der Waals surface area contributed by atoms with Crippen LogP contribution in [0.2, 0.25) is 0 Å². The Balaban J connectivity index is 1.63. The molecule has 0 aliphatic rings. The molecule has 26 heavy (non-hydrogen) atoms. The molecule has 1 amide bonds. The molecule has 0 unspecified atom stereocenters. The fourth-order valence-corrected chi connectivity index (χ4v) is 2.35. The van der Waals surface area contributed by atoms with E-state index in [1.165, 1.54) is 7.11 Å². The standard InChI is InChI=1S/C19H18N4O3/c1-13-3-5-14(6-4-13)18(24)20-11-16-12-23(22-21-16)17-9-7-15(8-10-17)19(25)26-2/h3-10,12H,11H2,1-2H3,(H,20,24). The zero-order valence-electron chi connectivity index (χ0n) is 14.5. The Morgan fingerprint density at radius 1 is 1.04 bits per heavy atom. The van der Waals surface area contributed by atoms with Gasteiger partial charge in [-0.15, -0.1) is 5.10 Å². The highest BCUT2D eigenvalue weighted by Gasteiger charge is 2.09. The van der Waals surface area contributed by atoms with Crippen molar-refractivity contribution in [3.8, 4) is 5.69 Å². The summed E-state index contributed by atoms with van der Waals surface area (Å²) in [5, 5.41) is 10.9. The van der Waals surface area contributed by atoms with Crippen molar-refractivity contribution in [1.29, 1.82) is 0 Å². The fourth-order valence-electron chi connectivity index (χ4n) is 2.35. The molecule has 0 fully saturated rings. The Bertz CT molecular complexity index is 915. The highest BCUT2D eigenvalue weighted by molar-refractivity contribution is 5.94. The van der Waals surface area contributed by atoms with Crippen molar-refractivity contribution < 1.29 is 14.3 Å². The van der Waals surface area contributed by atoms with Gasteiger partial charge in [0.05, 0.1) is 31.1 Å². The first-order valence-electron chi connectivity index (χ1n) is 8.01. The second-order valence-electron chi connectivity index (χ2n) is 5.74. The summed E-state index contributed by atoms with van der Waals surface area (Å²) in [4.78, 5) is 23.6. The van der Waals surface area contributed by atoms with Crippen LogP contribution in [0.3, 0.4) is 0 Å². The van der Waals surface area contributed by atoms with E-state index in [0.29, 0.717) is 16.8 Å². The Hall–Kier alpha value is -3.48. The largest absolute Gasteiger partial charge is 0.465 e. The monoisotopic (exact) mass is 350 g/mol. The van der Waals surface area contributed by atoms with Crippen LogP contribution in [0.25, 0.3) is 5.69 Å². The van der Waals surface area contributed by atoms with E-state index in [4.69, 9.17) is 0 Å². The van der Waals surface area contributed by atoms with Gasteiger partial charge >= 0.3 is 5.97 Å². The summed E-state index contributed by atoms with van der Waals surface area (Å²) in [6.07, 6.45) is 1.72. The van der Waals surface area contributed by atoms with E-state index in [1.807, 2.05) is 19.1 Å². The summed E-state index contributed by atoms with van der Waals surface area (Å²) in [6.45, 7) is 2.24. The molecule has 3 aromatic rings. The van der Waals surface area contributed by atoms with Crippen molar-refractivity contribution in [1.82, 2.24) is 20.3 Å². The third-order valence-corrected chi connectivity index (χ3v) is 3.84. The number of esters is 1. The Morgan fingerprint density at radius 3 is 2.35 bits per heavy atom. The first-order chi connectivity index (χ1) is 12.6. The van der Waals surface area contributed by atoms with Crippen LogP contribution in [0, 0.1) is 6.92 Å². The van der Waals surface area contributed by atoms with Gasteiger partial charge in [0.15, 0.2) is 0 Å². The molecule has 1 aromatic heterocycles. The van der Waals surface area contributed by atoms with Crippen molar-refractivity contribution in [2.24, 2.45) is 0 Å². The van der Waals surface area contributed by atoms with E-state index in [-0.39, 0.29) is 12.5 Å². The highest BCUT2D eigenvalue weighted by atomic mass is 16.5.